The first-order chi connectivity index (χ1) is 12.1. The van der Waals surface area contributed by atoms with E-state index in [0.29, 0.717) is 13.1 Å². The van der Waals surface area contributed by atoms with Crippen LogP contribution in [0, 0.1) is 6.92 Å². The molecule has 3 amide bonds. The maximum Gasteiger partial charge on any atom is 0.317 e. The Balaban J connectivity index is 1.47. The van der Waals surface area contributed by atoms with Crippen LogP contribution in [0.3, 0.4) is 0 Å². The Morgan fingerprint density at radius 2 is 1.48 bits per heavy atom. The van der Waals surface area contributed by atoms with Gasteiger partial charge in [0, 0.05) is 37.8 Å². The van der Waals surface area contributed by atoms with E-state index in [1.54, 1.807) is 0 Å². The second-order valence-electron chi connectivity index (χ2n) is 7.28. The van der Waals surface area contributed by atoms with Crippen molar-refractivity contribution in [3.05, 3.63) is 35.4 Å². The lowest BCUT2D eigenvalue weighted by molar-refractivity contribution is 0.0706. The Morgan fingerprint density at radius 1 is 0.880 bits per heavy atom. The SMILES string of the molecule is Cc1ccc(C(=O)N2CCC(NC(=O)N3CCCCCC3)CC2)cc1. The smallest absolute Gasteiger partial charge is 0.317 e. The second kappa shape index (κ2) is 8.37. The predicted molar refractivity (Wildman–Crippen MR) is 98.7 cm³/mol. The van der Waals surface area contributed by atoms with Crippen LogP contribution in [0.4, 0.5) is 4.79 Å². The van der Waals surface area contributed by atoms with Gasteiger partial charge in [-0.1, -0.05) is 30.5 Å². The van der Waals surface area contributed by atoms with Gasteiger partial charge in [0.05, 0.1) is 0 Å². The van der Waals surface area contributed by atoms with E-state index >= 15 is 0 Å². The van der Waals surface area contributed by atoms with Crippen molar-refractivity contribution in [1.82, 2.24) is 15.1 Å². The molecule has 2 saturated heterocycles. The summed E-state index contributed by atoms with van der Waals surface area (Å²) in [7, 11) is 0. The van der Waals surface area contributed by atoms with E-state index in [2.05, 4.69) is 5.32 Å². The molecule has 1 aromatic carbocycles. The van der Waals surface area contributed by atoms with Gasteiger partial charge in [-0.2, -0.15) is 0 Å². The molecule has 1 N–H and O–H groups in total. The molecule has 0 radical (unpaired) electrons. The minimum absolute atomic E-state index is 0.0743. The molecule has 5 nitrogen and oxygen atoms in total. The summed E-state index contributed by atoms with van der Waals surface area (Å²) in [5.74, 6) is 0.0947. The maximum absolute atomic E-state index is 12.6. The van der Waals surface area contributed by atoms with Crippen LogP contribution < -0.4 is 5.32 Å². The van der Waals surface area contributed by atoms with Crippen molar-refractivity contribution in [3.8, 4) is 0 Å². The molecule has 136 valence electrons. The Labute approximate surface area is 150 Å². The number of nitrogens with one attached hydrogen (secondary N) is 1. The molecule has 1 aromatic rings. The molecule has 0 unspecified atom stereocenters. The monoisotopic (exact) mass is 343 g/mol. The quantitative estimate of drug-likeness (QED) is 0.897. The molecule has 3 rings (SSSR count). The van der Waals surface area contributed by atoms with Crippen molar-refractivity contribution >= 4 is 11.9 Å². The highest BCUT2D eigenvalue weighted by Gasteiger charge is 2.26. The molecule has 25 heavy (non-hydrogen) atoms. The minimum Gasteiger partial charge on any atom is -0.338 e. The lowest BCUT2D eigenvalue weighted by Crippen LogP contribution is -2.50. The Bertz CT molecular complexity index is 583. The highest BCUT2D eigenvalue weighted by Crippen LogP contribution is 2.16. The van der Waals surface area contributed by atoms with Gasteiger partial charge in [0.25, 0.3) is 5.91 Å². The molecular weight excluding hydrogens is 314 g/mol. The van der Waals surface area contributed by atoms with E-state index in [4.69, 9.17) is 0 Å². The molecule has 2 fully saturated rings. The zero-order chi connectivity index (χ0) is 17.6. The first-order valence-electron chi connectivity index (χ1n) is 9.55. The lowest BCUT2D eigenvalue weighted by Gasteiger charge is -2.33. The number of piperidine rings is 1. The fourth-order valence-electron chi connectivity index (χ4n) is 3.65. The van der Waals surface area contributed by atoms with Crippen molar-refractivity contribution in [2.75, 3.05) is 26.2 Å². The third-order valence-electron chi connectivity index (χ3n) is 5.30. The average molecular weight is 343 g/mol. The van der Waals surface area contributed by atoms with E-state index in [0.717, 1.165) is 49.9 Å². The van der Waals surface area contributed by atoms with Gasteiger partial charge in [0.15, 0.2) is 0 Å². The van der Waals surface area contributed by atoms with Crippen LogP contribution in [-0.2, 0) is 0 Å². The van der Waals surface area contributed by atoms with E-state index in [9.17, 15) is 9.59 Å². The van der Waals surface area contributed by atoms with Crippen LogP contribution in [0.25, 0.3) is 0 Å². The van der Waals surface area contributed by atoms with Crippen molar-refractivity contribution in [2.45, 2.75) is 51.5 Å². The number of amides is 3. The Hall–Kier alpha value is -2.04. The summed E-state index contributed by atoms with van der Waals surface area (Å²) in [6.07, 6.45) is 6.33. The number of likely N-dealkylation sites (tertiary alicyclic amines) is 2. The van der Waals surface area contributed by atoms with Crippen molar-refractivity contribution in [2.24, 2.45) is 0 Å². The number of carbonyl (C=O) groups is 2. The normalized spacial score (nSPS) is 19.4. The number of hydrogen-bond donors (Lipinski definition) is 1. The van der Waals surface area contributed by atoms with Crippen molar-refractivity contribution < 1.29 is 9.59 Å². The van der Waals surface area contributed by atoms with Crippen LogP contribution in [-0.4, -0.2) is 54.0 Å². The average Bonchev–Trinajstić information content (AvgIpc) is 2.92. The van der Waals surface area contributed by atoms with E-state index in [-0.39, 0.29) is 18.0 Å². The van der Waals surface area contributed by atoms with Crippen LogP contribution in [0.1, 0.15) is 54.4 Å². The number of nitrogens with zero attached hydrogens (tertiary/aromatic N) is 2. The molecule has 0 aromatic heterocycles. The van der Waals surface area contributed by atoms with Crippen LogP contribution >= 0.6 is 0 Å². The second-order valence-corrected chi connectivity index (χ2v) is 7.28. The maximum atomic E-state index is 12.6. The Morgan fingerprint density at radius 3 is 2.08 bits per heavy atom. The molecule has 0 atom stereocenters. The topological polar surface area (TPSA) is 52.7 Å². The summed E-state index contributed by atoms with van der Waals surface area (Å²) in [6, 6.07) is 7.99. The standard InChI is InChI=1S/C20H29N3O2/c1-16-6-8-17(9-7-16)19(24)22-14-10-18(11-15-22)21-20(25)23-12-4-2-3-5-13-23/h6-9,18H,2-5,10-15H2,1H3,(H,21,25). The number of rotatable bonds is 2. The third kappa shape index (κ3) is 4.74. The van der Waals surface area contributed by atoms with E-state index in [1.807, 2.05) is 41.0 Å². The number of benzene rings is 1. The summed E-state index contributed by atoms with van der Waals surface area (Å²) < 4.78 is 0. The molecule has 0 spiro atoms. The van der Waals surface area contributed by atoms with Crippen molar-refractivity contribution in [3.63, 3.8) is 0 Å². The number of urea groups is 1. The first kappa shape index (κ1) is 17.8. The summed E-state index contributed by atoms with van der Waals surface area (Å²) >= 11 is 0. The molecule has 2 aliphatic rings. The molecule has 0 bridgehead atoms. The molecule has 5 heteroatoms. The summed E-state index contributed by atoms with van der Waals surface area (Å²) in [5, 5.41) is 3.17. The van der Waals surface area contributed by atoms with Crippen LogP contribution in [0.15, 0.2) is 24.3 Å². The minimum atomic E-state index is 0.0743. The zero-order valence-electron chi connectivity index (χ0n) is 15.2. The molecule has 2 heterocycles. The number of aryl methyl sites for hydroxylation is 1. The van der Waals surface area contributed by atoms with Gasteiger partial charge in [0.2, 0.25) is 0 Å². The third-order valence-corrected chi connectivity index (χ3v) is 5.30. The first-order valence-corrected chi connectivity index (χ1v) is 9.55. The molecule has 2 aliphatic heterocycles. The fourth-order valence-corrected chi connectivity index (χ4v) is 3.65. The van der Waals surface area contributed by atoms with Gasteiger partial charge < -0.3 is 15.1 Å². The Kier molecular flexibility index (Phi) is 5.95. The van der Waals surface area contributed by atoms with Crippen LogP contribution in [0.2, 0.25) is 0 Å². The summed E-state index contributed by atoms with van der Waals surface area (Å²) in [6.45, 7) is 5.18. The molecular formula is C20H29N3O2. The highest BCUT2D eigenvalue weighted by molar-refractivity contribution is 5.94. The van der Waals surface area contributed by atoms with Gasteiger partial charge in [-0.3, -0.25) is 4.79 Å². The van der Waals surface area contributed by atoms with Gasteiger partial charge in [0.1, 0.15) is 0 Å². The van der Waals surface area contributed by atoms with E-state index in [1.165, 1.54) is 12.8 Å². The van der Waals surface area contributed by atoms with E-state index < -0.39 is 0 Å². The fraction of sp³-hybridized carbons (Fsp3) is 0.600. The van der Waals surface area contributed by atoms with Crippen molar-refractivity contribution in [1.29, 1.82) is 0 Å². The van der Waals surface area contributed by atoms with Gasteiger partial charge in [-0.05, 0) is 44.7 Å². The largest absolute Gasteiger partial charge is 0.338 e. The number of carbonyl (C=O) groups excluding carboxylic acids is 2. The summed E-state index contributed by atoms with van der Waals surface area (Å²) in [4.78, 5) is 28.8. The van der Waals surface area contributed by atoms with Gasteiger partial charge in [-0.25, -0.2) is 4.79 Å². The predicted octanol–water partition coefficient (Wildman–Crippen LogP) is 3.19. The zero-order valence-corrected chi connectivity index (χ0v) is 15.2. The highest BCUT2D eigenvalue weighted by atomic mass is 16.2. The summed E-state index contributed by atoms with van der Waals surface area (Å²) in [5.41, 5.74) is 1.91. The van der Waals surface area contributed by atoms with Gasteiger partial charge in [-0.15, -0.1) is 0 Å². The van der Waals surface area contributed by atoms with Crippen LogP contribution in [0.5, 0.6) is 0 Å². The molecule has 0 aliphatic carbocycles. The number of hydrogen-bond acceptors (Lipinski definition) is 2. The lowest BCUT2D eigenvalue weighted by atomic mass is 10.0. The van der Waals surface area contributed by atoms with Gasteiger partial charge >= 0.3 is 6.03 Å². The molecule has 0 saturated carbocycles.